The van der Waals surface area contributed by atoms with Crippen LogP contribution >= 0.6 is 0 Å². The predicted molar refractivity (Wildman–Crippen MR) is 74.2 cm³/mol. The van der Waals surface area contributed by atoms with Gasteiger partial charge in [0.15, 0.2) is 0 Å². The van der Waals surface area contributed by atoms with Gasteiger partial charge in [0.05, 0.1) is 0 Å². The van der Waals surface area contributed by atoms with Gasteiger partial charge in [-0.3, -0.25) is 0 Å². The highest BCUT2D eigenvalue weighted by atomic mass is 15.2. The molecule has 1 aromatic rings. The number of anilines is 1. The molecule has 1 unspecified atom stereocenters. The van der Waals surface area contributed by atoms with E-state index in [-0.39, 0.29) is 5.41 Å². The van der Waals surface area contributed by atoms with Crippen LogP contribution in [0.5, 0.6) is 0 Å². The molecular formula is C14H25N3. The highest BCUT2D eigenvalue weighted by Gasteiger charge is 2.24. The van der Waals surface area contributed by atoms with Crippen LogP contribution in [0.1, 0.15) is 39.0 Å². The minimum absolute atomic E-state index is 0.225. The standard InChI is InChI=1S/C14H25N3/c1-10-7-12(9-15)8-13(16-10)17(6)11(2)14(3,4)5/h7-8,11H,9,15H2,1-6H3. The summed E-state index contributed by atoms with van der Waals surface area (Å²) in [4.78, 5) is 6.82. The van der Waals surface area contributed by atoms with Gasteiger partial charge in [-0.1, -0.05) is 20.8 Å². The maximum absolute atomic E-state index is 5.70. The Morgan fingerprint density at radius 2 is 1.94 bits per heavy atom. The summed E-state index contributed by atoms with van der Waals surface area (Å²) in [5.74, 6) is 1.01. The zero-order valence-corrected chi connectivity index (χ0v) is 11.9. The van der Waals surface area contributed by atoms with E-state index in [0.717, 1.165) is 17.1 Å². The van der Waals surface area contributed by atoms with Crippen molar-refractivity contribution < 1.29 is 0 Å². The first kappa shape index (κ1) is 14.0. The Bertz CT molecular complexity index is 380. The van der Waals surface area contributed by atoms with Gasteiger partial charge in [-0.05, 0) is 37.0 Å². The van der Waals surface area contributed by atoms with Crippen molar-refractivity contribution in [2.75, 3.05) is 11.9 Å². The first-order valence-corrected chi connectivity index (χ1v) is 6.16. The van der Waals surface area contributed by atoms with Crippen LogP contribution in [0.15, 0.2) is 12.1 Å². The molecule has 1 heterocycles. The van der Waals surface area contributed by atoms with Gasteiger partial charge in [0, 0.05) is 25.3 Å². The van der Waals surface area contributed by atoms with Gasteiger partial charge in [-0.2, -0.15) is 0 Å². The van der Waals surface area contributed by atoms with Gasteiger partial charge in [0.2, 0.25) is 0 Å². The summed E-state index contributed by atoms with van der Waals surface area (Å²) in [5, 5.41) is 0. The van der Waals surface area contributed by atoms with Gasteiger partial charge in [-0.25, -0.2) is 4.98 Å². The summed E-state index contributed by atoms with van der Waals surface area (Å²) >= 11 is 0. The second-order valence-corrected chi connectivity index (χ2v) is 5.83. The molecule has 96 valence electrons. The predicted octanol–water partition coefficient (Wildman–Crippen LogP) is 2.72. The van der Waals surface area contributed by atoms with Crippen molar-refractivity contribution in [2.24, 2.45) is 11.1 Å². The van der Waals surface area contributed by atoms with Crippen LogP contribution in [0.25, 0.3) is 0 Å². The van der Waals surface area contributed by atoms with Crippen LogP contribution < -0.4 is 10.6 Å². The van der Waals surface area contributed by atoms with E-state index in [1.54, 1.807) is 0 Å². The number of hydrogen-bond donors (Lipinski definition) is 1. The van der Waals surface area contributed by atoms with Crippen LogP contribution in [0.4, 0.5) is 5.82 Å². The molecule has 2 N–H and O–H groups in total. The Hall–Kier alpha value is -1.09. The average Bonchev–Trinajstić information content (AvgIpc) is 2.24. The topological polar surface area (TPSA) is 42.1 Å². The van der Waals surface area contributed by atoms with Crippen molar-refractivity contribution in [3.63, 3.8) is 0 Å². The third-order valence-corrected chi connectivity index (χ3v) is 3.43. The van der Waals surface area contributed by atoms with Crippen molar-refractivity contribution in [1.29, 1.82) is 0 Å². The van der Waals surface area contributed by atoms with E-state index < -0.39 is 0 Å². The molecule has 0 amide bonds. The smallest absolute Gasteiger partial charge is 0.129 e. The quantitative estimate of drug-likeness (QED) is 0.876. The van der Waals surface area contributed by atoms with Gasteiger partial charge in [0.1, 0.15) is 5.82 Å². The largest absolute Gasteiger partial charge is 0.356 e. The highest BCUT2D eigenvalue weighted by Crippen LogP contribution is 2.26. The average molecular weight is 235 g/mol. The van der Waals surface area contributed by atoms with E-state index in [2.05, 4.69) is 50.7 Å². The van der Waals surface area contributed by atoms with Gasteiger partial charge in [-0.15, -0.1) is 0 Å². The molecule has 3 heteroatoms. The van der Waals surface area contributed by atoms with E-state index >= 15 is 0 Å². The molecule has 0 aliphatic rings. The fraction of sp³-hybridized carbons (Fsp3) is 0.643. The maximum atomic E-state index is 5.70. The molecule has 0 saturated heterocycles. The number of aromatic nitrogens is 1. The fourth-order valence-corrected chi connectivity index (χ4v) is 1.80. The van der Waals surface area contributed by atoms with Gasteiger partial charge in [0.25, 0.3) is 0 Å². The van der Waals surface area contributed by atoms with Crippen LogP contribution in [-0.4, -0.2) is 18.1 Å². The van der Waals surface area contributed by atoms with Gasteiger partial charge < -0.3 is 10.6 Å². The molecule has 0 aliphatic heterocycles. The third-order valence-electron chi connectivity index (χ3n) is 3.43. The highest BCUT2D eigenvalue weighted by molar-refractivity contribution is 5.43. The van der Waals surface area contributed by atoms with Crippen LogP contribution in [-0.2, 0) is 6.54 Å². The van der Waals surface area contributed by atoms with E-state index in [1.807, 2.05) is 13.0 Å². The lowest BCUT2D eigenvalue weighted by atomic mass is 9.87. The summed E-state index contributed by atoms with van der Waals surface area (Å²) in [5.41, 5.74) is 8.09. The van der Waals surface area contributed by atoms with E-state index in [1.165, 1.54) is 0 Å². The molecule has 3 nitrogen and oxygen atoms in total. The third kappa shape index (κ3) is 3.43. The van der Waals surface area contributed by atoms with Crippen molar-refractivity contribution in [3.05, 3.63) is 23.4 Å². The summed E-state index contributed by atoms with van der Waals surface area (Å²) in [7, 11) is 2.10. The Morgan fingerprint density at radius 1 is 1.35 bits per heavy atom. The second kappa shape index (κ2) is 5.05. The van der Waals surface area contributed by atoms with Crippen LogP contribution in [0.3, 0.4) is 0 Å². The summed E-state index contributed by atoms with van der Waals surface area (Å²) in [6, 6.07) is 4.54. The Morgan fingerprint density at radius 3 is 2.41 bits per heavy atom. The van der Waals surface area contributed by atoms with Crippen molar-refractivity contribution in [2.45, 2.75) is 47.2 Å². The first-order chi connectivity index (χ1) is 7.75. The van der Waals surface area contributed by atoms with Gasteiger partial charge >= 0.3 is 0 Å². The molecule has 0 bridgehead atoms. The molecule has 0 spiro atoms. The molecule has 0 aromatic carbocycles. The SMILES string of the molecule is Cc1cc(CN)cc(N(C)C(C)C(C)(C)C)n1. The molecular weight excluding hydrogens is 210 g/mol. The molecule has 0 aliphatic carbocycles. The van der Waals surface area contributed by atoms with Crippen molar-refractivity contribution in [1.82, 2.24) is 4.98 Å². The lowest BCUT2D eigenvalue weighted by molar-refractivity contribution is 0.328. The molecule has 1 rings (SSSR count). The number of pyridine rings is 1. The molecule has 17 heavy (non-hydrogen) atoms. The lowest BCUT2D eigenvalue weighted by Crippen LogP contribution is -2.39. The Kier molecular flexibility index (Phi) is 4.15. The molecule has 1 aromatic heterocycles. The normalized spacial score (nSPS) is 13.6. The Labute approximate surface area is 105 Å². The zero-order valence-electron chi connectivity index (χ0n) is 11.9. The number of rotatable bonds is 3. The monoisotopic (exact) mass is 235 g/mol. The maximum Gasteiger partial charge on any atom is 0.129 e. The van der Waals surface area contributed by atoms with Crippen LogP contribution in [0.2, 0.25) is 0 Å². The van der Waals surface area contributed by atoms with E-state index in [9.17, 15) is 0 Å². The minimum atomic E-state index is 0.225. The summed E-state index contributed by atoms with van der Waals surface area (Å²) in [6.07, 6.45) is 0. The van der Waals surface area contributed by atoms with Crippen molar-refractivity contribution >= 4 is 5.82 Å². The number of nitrogens with zero attached hydrogens (tertiary/aromatic N) is 2. The second-order valence-electron chi connectivity index (χ2n) is 5.83. The zero-order chi connectivity index (χ0) is 13.2. The number of aryl methyl sites for hydroxylation is 1. The van der Waals surface area contributed by atoms with E-state index in [4.69, 9.17) is 5.73 Å². The van der Waals surface area contributed by atoms with E-state index in [0.29, 0.717) is 12.6 Å². The lowest BCUT2D eigenvalue weighted by Gasteiger charge is -2.36. The number of nitrogens with two attached hydrogens (primary N) is 1. The molecule has 1 atom stereocenters. The molecule has 0 saturated carbocycles. The first-order valence-electron chi connectivity index (χ1n) is 6.16. The fourth-order valence-electron chi connectivity index (χ4n) is 1.80. The van der Waals surface area contributed by atoms with Crippen molar-refractivity contribution in [3.8, 4) is 0 Å². The summed E-state index contributed by atoms with van der Waals surface area (Å²) in [6.45, 7) is 11.5. The van der Waals surface area contributed by atoms with Crippen LogP contribution in [0, 0.1) is 12.3 Å². The Balaban J connectivity index is 3.03. The molecule has 0 radical (unpaired) electrons. The number of hydrogen-bond acceptors (Lipinski definition) is 3. The summed E-state index contributed by atoms with van der Waals surface area (Å²) < 4.78 is 0. The molecule has 0 fully saturated rings. The minimum Gasteiger partial charge on any atom is -0.356 e.